The Labute approximate surface area is 95.7 Å². The number of nitrogens with zero attached hydrogens (tertiary/aromatic N) is 1. The van der Waals surface area contributed by atoms with Gasteiger partial charge in [0.05, 0.1) is 17.4 Å². The fourth-order valence-corrected chi connectivity index (χ4v) is 2.74. The summed E-state index contributed by atoms with van der Waals surface area (Å²) in [6, 6.07) is 0. The Morgan fingerprint density at radius 1 is 1.47 bits per heavy atom. The van der Waals surface area contributed by atoms with Gasteiger partial charge in [-0.15, -0.1) is 11.6 Å². The summed E-state index contributed by atoms with van der Waals surface area (Å²) in [6.07, 6.45) is 3.00. The SMILES string of the molecule is CC1OCCC1C(=O)N1CCCC(Cl)C1. The number of carbonyl (C=O) groups excluding carboxylic acids is 1. The van der Waals surface area contributed by atoms with Gasteiger partial charge in [-0.1, -0.05) is 0 Å². The molecule has 2 heterocycles. The molecular formula is C11H18ClNO2. The van der Waals surface area contributed by atoms with Gasteiger partial charge in [0.25, 0.3) is 0 Å². The van der Waals surface area contributed by atoms with E-state index in [1.807, 2.05) is 11.8 Å². The Morgan fingerprint density at radius 3 is 2.87 bits per heavy atom. The fourth-order valence-electron chi connectivity index (χ4n) is 2.42. The topological polar surface area (TPSA) is 29.5 Å². The van der Waals surface area contributed by atoms with E-state index in [0.717, 1.165) is 32.4 Å². The minimum absolute atomic E-state index is 0.0620. The number of alkyl halides is 1. The van der Waals surface area contributed by atoms with Crippen LogP contribution in [0, 0.1) is 5.92 Å². The van der Waals surface area contributed by atoms with Crippen LogP contribution in [0.5, 0.6) is 0 Å². The molecule has 2 rings (SSSR count). The number of rotatable bonds is 1. The molecule has 15 heavy (non-hydrogen) atoms. The lowest BCUT2D eigenvalue weighted by Gasteiger charge is -2.32. The summed E-state index contributed by atoms with van der Waals surface area (Å²) in [5.41, 5.74) is 0. The molecule has 0 spiro atoms. The normalized spacial score (nSPS) is 36.9. The molecule has 0 aromatic carbocycles. The zero-order chi connectivity index (χ0) is 10.8. The third-order valence-corrected chi connectivity index (χ3v) is 3.73. The van der Waals surface area contributed by atoms with Crippen LogP contribution in [0.3, 0.4) is 0 Å². The average Bonchev–Trinajstić information content (AvgIpc) is 2.63. The van der Waals surface area contributed by atoms with E-state index < -0.39 is 0 Å². The summed E-state index contributed by atoms with van der Waals surface area (Å²) in [5, 5.41) is 0.139. The lowest BCUT2D eigenvalue weighted by Crippen LogP contribution is -2.44. The van der Waals surface area contributed by atoms with Gasteiger partial charge in [-0.3, -0.25) is 4.79 Å². The van der Waals surface area contributed by atoms with Crippen LogP contribution in [0.1, 0.15) is 26.2 Å². The summed E-state index contributed by atoms with van der Waals surface area (Å²) < 4.78 is 5.42. The number of hydrogen-bond acceptors (Lipinski definition) is 2. The maximum Gasteiger partial charge on any atom is 0.228 e. The van der Waals surface area contributed by atoms with E-state index in [4.69, 9.17) is 16.3 Å². The van der Waals surface area contributed by atoms with Crippen molar-refractivity contribution in [1.82, 2.24) is 4.90 Å². The van der Waals surface area contributed by atoms with Crippen LogP contribution in [0.2, 0.25) is 0 Å². The minimum atomic E-state index is 0.0620. The van der Waals surface area contributed by atoms with Gasteiger partial charge >= 0.3 is 0 Å². The Balaban J connectivity index is 1.94. The molecule has 3 unspecified atom stereocenters. The van der Waals surface area contributed by atoms with Crippen LogP contribution in [0.4, 0.5) is 0 Å². The predicted molar refractivity (Wildman–Crippen MR) is 59.0 cm³/mol. The molecule has 0 radical (unpaired) electrons. The van der Waals surface area contributed by atoms with Crippen molar-refractivity contribution >= 4 is 17.5 Å². The Bertz CT molecular complexity index is 247. The summed E-state index contributed by atoms with van der Waals surface area (Å²) in [6.45, 7) is 4.28. The number of amides is 1. The molecule has 86 valence electrons. The molecule has 4 heteroatoms. The number of likely N-dealkylation sites (tertiary alicyclic amines) is 1. The summed E-state index contributed by atoms with van der Waals surface area (Å²) in [7, 11) is 0. The van der Waals surface area contributed by atoms with Crippen LogP contribution in [0.25, 0.3) is 0 Å². The van der Waals surface area contributed by atoms with Gasteiger partial charge in [-0.2, -0.15) is 0 Å². The first-order valence-corrected chi connectivity index (χ1v) is 6.16. The monoisotopic (exact) mass is 231 g/mol. The molecule has 0 aromatic rings. The quantitative estimate of drug-likeness (QED) is 0.643. The number of hydrogen-bond donors (Lipinski definition) is 0. The van der Waals surface area contributed by atoms with Crippen molar-refractivity contribution in [3.8, 4) is 0 Å². The van der Waals surface area contributed by atoms with Crippen LogP contribution in [0.15, 0.2) is 0 Å². The van der Waals surface area contributed by atoms with Crippen LogP contribution >= 0.6 is 11.6 Å². The van der Waals surface area contributed by atoms with Crippen molar-refractivity contribution in [2.75, 3.05) is 19.7 Å². The summed E-state index contributed by atoms with van der Waals surface area (Å²) in [5.74, 6) is 0.303. The van der Waals surface area contributed by atoms with Crippen molar-refractivity contribution in [3.63, 3.8) is 0 Å². The molecule has 0 aromatic heterocycles. The predicted octanol–water partition coefficient (Wildman–Crippen LogP) is 1.64. The molecule has 3 atom stereocenters. The number of halogens is 1. The van der Waals surface area contributed by atoms with E-state index in [1.165, 1.54) is 0 Å². The second kappa shape index (κ2) is 4.71. The number of piperidine rings is 1. The second-order valence-electron chi connectivity index (χ2n) is 4.49. The molecule has 0 N–H and O–H groups in total. The molecule has 1 amide bonds. The van der Waals surface area contributed by atoms with Crippen molar-refractivity contribution in [1.29, 1.82) is 0 Å². The van der Waals surface area contributed by atoms with E-state index in [2.05, 4.69) is 0 Å². The molecule has 0 aliphatic carbocycles. The van der Waals surface area contributed by atoms with Crippen molar-refractivity contribution < 1.29 is 9.53 Å². The highest BCUT2D eigenvalue weighted by molar-refractivity contribution is 6.20. The first kappa shape index (κ1) is 11.2. The highest BCUT2D eigenvalue weighted by Gasteiger charge is 2.35. The maximum atomic E-state index is 12.1. The van der Waals surface area contributed by atoms with Gasteiger partial charge < -0.3 is 9.64 Å². The largest absolute Gasteiger partial charge is 0.378 e. The van der Waals surface area contributed by atoms with E-state index in [1.54, 1.807) is 0 Å². The van der Waals surface area contributed by atoms with Gasteiger partial charge in [-0.05, 0) is 26.2 Å². The molecule has 2 saturated heterocycles. The van der Waals surface area contributed by atoms with Gasteiger partial charge in [-0.25, -0.2) is 0 Å². The zero-order valence-corrected chi connectivity index (χ0v) is 9.87. The lowest BCUT2D eigenvalue weighted by atomic mass is 9.99. The van der Waals surface area contributed by atoms with Gasteiger partial charge in [0.1, 0.15) is 0 Å². The van der Waals surface area contributed by atoms with Crippen LogP contribution < -0.4 is 0 Å². The Kier molecular flexibility index (Phi) is 3.52. The maximum absolute atomic E-state index is 12.1. The highest BCUT2D eigenvalue weighted by Crippen LogP contribution is 2.25. The standard InChI is InChI=1S/C11H18ClNO2/c1-8-10(4-6-15-8)11(14)13-5-2-3-9(12)7-13/h8-10H,2-7H2,1H3. The van der Waals surface area contributed by atoms with Crippen molar-refractivity contribution in [3.05, 3.63) is 0 Å². The highest BCUT2D eigenvalue weighted by atomic mass is 35.5. The molecule has 3 nitrogen and oxygen atoms in total. The van der Waals surface area contributed by atoms with E-state index in [9.17, 15) is 4.79 Å². The second-order valence-corrected chi connectivity index (χ2v) is 5.11. The van der Waals surface area contributed by atoms with Crippen LogP contribution in [-0.2, 0) is 9.53 Å². The number of ether oxygens (including phenoxy) is 1. The smallest absolute Gasteiger partial charge is 0.228 e. The van der Waals surface area contributed by atoms with Crippen molar-refractivity contribution in [2.45, 2.75) is 37.7 Å². The van der Waals surface area contributed by atoms with Gasteiger partial charge in [0, 0.05) is 19.7 Å². The van der Waals surface area contributed by atoms with Crippen LogP contribution in [-0.4, -0.2) is 42.0 Å². The molecule has 2 fully saturated rings. The van der Waals surface area contributed by atoms with E-state index >= 15 is 0 Å². The third kappa shape index (κ3) is 2.45. The molecule has 0 bridgehead atoms. The summed E-state index contributed by atoms with van der Waals surface area (Å²) >= 11 is 6.07. The third-order valence-electron chi connectivity index (χ3n) is 3.37. The fraction of sp³-hybridized carbons (Fsp3) is 0.909. The molecule has 2 aliphatic rings. The Hall–Kier alpha value is -0.280. The minimum Gasteiger partial charge on any atom is -0.378 e. The average molecular weight is 232 g/mol. The molecular weight excluding hydrogens is 214 g/mol. The summed E-state index contributed by atoms with van der Waals surface area (Å²) in [4.78, 5) is 14.1. The molecule has 0 saturated carbocycles. The van der Waals surface area contributed by atoms with Gasteiger partial charge in [0.15, 0.2) is 0 Å². The van der Waals surface area contributed by atoms with Crippen molar-refractivity contribution in [2.24, 2.45) is 5.92 Å². The first-order valence-electron chi connectivity index (χ1n) is 5.73. The van der Waals surface area contributed by atoms with Gasteiger partial charge in [0.2, 0.25) is 5.91 Å². The Morgan fingerprint density at radius 2 is 2.27 bits per heavy atom. The lowest BCUT2D eigenvalue weighted by molar-refractivity contribution is -0.137. The molecule has 2 aliphatic heterocycles. The number of carbonyl (C=O) groups is 1. The first-order chi connectivity index (χ1) is 7.18. The van der Waals surface area contributed by atoms with E-state index in [-0.39, 0.29) is 23.3 Å². The van der Waals surface area contributed by atoms with E-state index in [0.29, 0.717) is 6.54 Å². The zero-order valence-electron chi connectivity index (χ0n) is 9.12.